The predicted octanol–water partition coefficient (Wildman–Crippen LogP) is 9.06. The van der Waals surface area contributed by atoms with Crippen molar-refractivity contribution in [1.29, 1.82) is 0 Å². The highest BCUT2D eigenvalue weighted by molar-refractivity contribution is 7.99. The minimum Gasteiger partial charge on any atom is -0.376 e. The van der Waals surface area contributed by atoms with E-state index in [1.165, 1.54) is 30.5 Å². The summed E-state index contributed by atoms with van der Waals surface area (Å²) in [5.74, 6) is -0.153. The molecule has 0 aliphatic carbocycles. The first-order chi connectivity index (χ1) is 28.6. The van der Waals surface area contributed by atoms with Crippen molar-refractivity contribution < 1.29 is 18.1 Å². The minimum atomic E-state index is -4.46. The Morgan fingerprint density at radius 3 is 2.39 bits per heavy atom. The van der Waals surface area contributed by atoms with Crippen LogP contribution >= 0.6 is 23.4 Å². The number of anilines is 1. The Morgan fingerprint density at radius 1 is 0.847 bits per heavy atom. The maximum Gasteiger partial charge on any atom is 0.293 e. The first kappa shape index (κ1) is 40.6. The van der Waals surface area contributed by atoms with Gasteiger partial charge in [0, 0.05) is 82.7 Å². The van der Waals surface area contributed by atoms with Crippen molar-refractivity contribution >= 4 is 61.6 Å². The lowest BCUT2D eigenvalue weighted by atomic mass is 9.99. The number of amides is 1. The summed E-state index contributed by atoms with van der Waals surface area (Å²) in [6, 6.07) is 37.0. The molecule has 0 spiro atoms. The zero-order valence-corrected chi connectivity index (χ0v) is 34.8. The van der Waals surface area contributed by atoms with E-state index in [0.29, 0.717) is 17.3 Å². The molecule has 1 amide bonds. The lowest BCUT2D eigenvalue weighted by Crippen LogP contribution is -2.33. The zero-order valence-electron chi connectivity index (χ0n) is 32.4. The molecule has 0 radical (unpaired) electrons. The molecule has 1 fully saturated rings. The number of sulfonamides is 1. The van der Waals surface area contributed by atoms with Crippen LogP contribution in [0.3, 0.4) is 0 Å². The highest BCUT2D eigenvalue weighted by Gasteiger charge is 2.27. The summed E-state index contributed by atoms with van der Waals surface area (Å²) in [6.07, 6.45) is 3.10. The number of likely N-dealkylation sites (tertiary alicyclic amines) is 1. The normalized spacial score (nSPS) is 15.2. The van der Waals surface area contributed by atoms with Crippen molar-refractivity contribution in [2.45, 2.75) is 54.7 Å². The van der Waals surface area contributed by atoms with Gasteiger partial charge in [0.1, 0.15) is 5.69 Å². The summed E-state index contributed by atoms with van der Waals surface area (Å²) in [5, 5.41) is 17.2. The van der Waals surface area contributed by atoms with Crippen molar-refractivity contribution in [1.82, 2.24) is 19.1 Å². The molecule has 11 nitrogen and oxygen atoms in total. The van der Waals surface area contributed by atoms with Gasteiger partial charge in [0.25, 0.3) is 21.6 Å². The van der Waals surface area contributed by atoms with Crippen LogP contribution in [0.4, 0.5) is 11.4 Å². The van der Waals surface area contributed by atoms with Crippen LogP contribution in [0.1, 0.15) is 40.9 Å². The van der Waals surface area contributed by atoms with Crippen molar-refractivity contribution in [2.75, 3.05) is 37.2 Å². The number of thioether (sulfide) groups is 1. The molecule has 59 heavy (non-hydrogen) atoms. The average molecular weight is 849 g/mol. The number of halogens is 1. The Bertz CT molecular complexity index is 2580. The van der Waals surface area contributed by atoms with E-state index in [-0.39, 0.29) is 27.9 Å². The summed E-state index contributed by atoms with van der Waals surface area (Å²) in [7, 11) is -4.46. The van der Waals surface area contributed by atoms with Gasteiger partial charge in [-0.1, -0.05) is 66.2 Å². The summed E-state index contributed by atoms with van der Waals surface area (Å²) >= 11 is 7.81. The fourth-order valence-electron chi connectivity index (χ4n) is 8.03. The molecule has 1 unspecified atom stereocenters. The number of rotatable bonds is 15. The van der Waals surface area contributed by atoms with Crippen LogP contribution in [-0.4, -0.2) is 71.6 Å². The van der Waals surface area contributed by atoms with Gasteiger partial charge >= 0.3 is 0 Å². The quantitative estimate of drug-likeness (QED) is 0.0591. The van der Waals surface area contributed by atoms with Gasteiger partial charge in [-0.05, 0) is 110 Å². The van der Waals surface area contributed by atoms with Crippen LogP contribution in [0.15, 0.2) is 131 Å². The lowest BCUT2D eigenvalue weighted by molar-refractivity contribution is -0.384. The SMILES string of the molecule is O=C(NS(=O)(=O)c1ccc(NC(CCN2CCCC2)CSc2ccccc2)c([N+](=O)[O-])c1)c1ccc2c(c1)cc1n2CCN(Cc2ccccc2-c2ccc(Cl)cc2)C1. The third-order valence-electron chi connectivity index (χ3n) is 11.1. The molecule has 2 aliphatic heterocycles. The number of carbonyl (C=O) groups is 1. The molecule has 1 atom stereocenters. The number of hydrogen-bond acceptors (Lipinski definition) is 9. The van der Waals surface area contributed by atoms with E-state index in [9.17, 15) is 23.3 Å². The van der Waals surface area contributed by atoms with Gasteiger partial charge < -0.3 is 14.8 Å². The molecule has 14 heteroatoms. The third-order valence-corrected chi connectivity index (χ3v) is 13.8. The third kappa shape index (κ3) is 9.66. The summed E-state index contributed by atoms with van der Waals surface area (Å²) in [4.78, 5) is 30.7. The second-order valence-corrected chi connectivity index (χ2v) is 18.3. The smallest absolute Gasteiger partial charge is 0.293 e. The van der Waals surface area contributed by atoms with Gasteiger partial charge in [0.15, 0.2) is 0 Å². The van der Waals surface area contributed by atoms with E-state index < -0.39 is 20.9 Å². The number of nitrogens with zero attached hydrogens (tertiary/aromatic N) is 4. The van der Waals surface area contributed by atoms with Crippen LogP contribution in [-0.2, 0) is 29.7 Å². The molecule has 1 aromatic heterocycles. The first-order valence-corrected chi connectivity index (χ1v) is 22.6. The van der Waals surface area contributed by atoms with Gasteiger partial charge in [-0.25, -0.2) is 13.1 Å². The van der Waals surface area contributed by atoms with E-state index in [4.69, 9.17) is 11.6 Å². The number of benzene rings is 5. The fraction of sp³-hybridized carbons (Fsp3) is 0.267. The minimum absolute atomic E-state index is 0.114. The predicted molar refractivity (Wildman–Crippen MR) is 236 cm³/mol. The number of hydrogen-bond donors (Lipinski definition) is 2. The van der Waals surface area contributed by atoms with Gasteiger partial charge in [0.05, 0.1) is 9.82 Å². The molecule has 2 N–H and O–H groups in total. The standard InChI is InChI=1S/C45H45ClN6O5S2/c46-36-15-12-32(13-16-36)41-11-5-4-8-34(41)29-50-24-25-51-38(30-50)27-35-26-33(14-19-43(35)51)45(53)48-59(56,57)40-17-18-42(44(28-40)52(54)55)47-37(20-23-49-21-6-7-22-49)31-58-39-9-2-1-3-10-39/h1-5,8-19,26-28,37,47H,6-7,20-25,29-31H2,(H,48,53). The number of carbonyl (C=O) groups excluding carboxylic acids is 1. The topological polar surface area (TPSA) is 130 Å². The van der Waals surface area contributed by atoms with Crippen LogP contribution in [0.25, 0.3) is 22.0 Å². The Labute approximate surface area is 353 Å². The second-order valence-electron chi connectivity index (χ2n) is 15.1. The maximum atomic E-state index is 13.6. The molecule has 2 aliphatic rings. The molecule has 6 aromatic rings. The molecule has 0 saturated carbocycles. The monoisotopic (exact) mass is 848 g/mol. The van der Waals surface area contributed by atoms with Crippen LogP contribution in [0.2, 0.25) is 5.02 Å². The molecule has 3 heterocycles. The number of nitro benzene ring substituents is 1. The maximum absolute atomic E-state index is 13.6. The molecule has 304 valence electrons. The number of fused-ring (bicyclic) bond motifs is 3. The lowest BCUT2D eigenvalue weighted by Gasteiger charge is -2.29. The first-order valence-electron chi connectivity index (χ1n) is 19.8. The molecule has 0 bridgehead atoms. The largest absolute Gasteiger partial charge is 0.376 e. The van der Waals surface area contributed by atoms with E-state index in [2.05, 4.69) is 42.6 Å². The van der Waals surface area contributed by atoms with Crippen molar-refractivity contribution in [3.63, 3.8) is 0 Å². The second kappa shape index (κ2) is 18.0. The van der Waals surface area contributed by atoms with Crippen LogP contribution in [0, 0.1) is 10.1 Å². The van der Waals surface area contributed by atoms with Crippen LogP contribution in [0.5, 0.6) is 0 Å². The molecule has 1 saturated heterocycles. The van der Waals surface area contributed by atoms with E-state index in [1.54, 1.807) is 23.9 Å². The van der Waals surface area contributed by atoms with Gasteiger partial charge in [-0.2, -0.15) is 0 Å². The summed E-state index contributed by atoms with van der Waals surface area (Å²) in [5.41, 5.74) is 5.56. The molecular formula is C45H45ClN6O5S2. The van der Waals surface area contributed by atoms with E-state index in [0.717, 1.165) is 84.4 Å². The number of nitro groups is 1. The van der Waals surface area contributed by atoms with Crippen molar-refractivity contribution in [3.05, 3.63) is 153 Å². The van der Waals surface area contributed by atoms with E-state index >= 15 is 0 Å². The highest BCUT2D eigenvalue weighted by Crippen LogP contribution is 2.32. The highest BCUT2D eigenvalue weighted by atomic mass is 35.5. The molecule has 8 rings (SSSR count). The molecule has 5 aromatic carbocycles. The van der Waals surface area contributed by atoms with Crippen molar-refractivity contribution in [3.8, 4) is 11.1 Å². The average Bonchev–Trinajstić information content (AvgIpc) is 3.90. The van der Waals surface area contributed by atoms with E-state index in [1.807, 2.05) is 72.8 Å². The number of nitrogens with one attached hydrogen (secondary N) is 2. The Balaban J connectivity index is 0.950. The Morgan fingerprint density at radius 2 is 1.61 bits per heavy atom. The van der Waals surface area contributed by atoms with Crippen molar-refractivity contribution in [2.24, 2.45) is 0 Å². The fourth-order valence-corrected chi connectivity index (χ4v) is 10.1. The van der Waals surface area contributed by atoms with Crippen LogP contribution < -0.4 is 10.0 Å². The summed E-state index contributed by atoms with van der Waals surface area (Å²) in [6.45, 7) is 5.99. The Kier molecular flexibility index (Phi) is 12.4. The zero-order chi connectivity index (χ0) is 40.9. The van der Waals surface area contributed by atoms with Gasteiger partial charge in [-0.15, -0.1) is 11.8 Å². The molecular weight excluding hydrogens is 804 g/mol. The number of aromatic nitrogens is 1. The van der Waals surface area contributed by atoms with Gasteiger partial charge in [0.2, 0.25) is 0 Å². The van der Waals surface area contributed by atoms with Gasteiger partial charge in [-0.3, -0.25) is 19.8 Å². The summed E-state index contributed by atoms with van der Waals surface area (Å²) < 4.78 is 31.5. The Hall–Kier alpha value is -5.18.